The van der Waals surface area contributed by atoms with E-state index in [0.29, 0.717) is 0 Å². The van der Waals surface area contributed by atoms with Crippen LogP contribution >= 0.6 is 7.75 Å². The Labute approximate surface area is 113 Å². The summed E-state index contributed by atoms with van der Waals surface area (Å²) >= 11 is 0. The van der Waals surface area contributed by atoms with Crippen LogP contribution in [0.2, 0.25) is 0 Å². The number of hydrazone groups is 1. The monoisotopic (exact) mass is 285 g/mol. The number of hydrogen-bond acceptors (Lipinski definition) is 5. The number of nitrogens with zero attached hydrogens (tertiary/aromatic N) is 2. The minimum absolute atomic E-state index is 0.231. The van der Waals surface area contributed by atoms with Crippen molar-refractivity contribution in [2.75, 3.05) is 0 Å². The average molecular weight is 285 g/mol. The summed E-state index contributed by atoms with van der Waals surface area (Å²) in [4.78, 5) is 3.95. The first-order chi connectivity index (χ1) is 8.91. The van der Waals surface area contributed by atoms with Crippen LogP contribution in [0, 0.1) is 0 Å². The van der Waals surface area contributed by atoms with E-state index in [1.807, 2.05) is 6.07 Å². The summed E-state index contributed by atoms with van der Waals surface area (Å²) in [5, 5.41) is 6.35. The van der Waals surface area contributed by atoms with E-state index in [1.165, 1.54) is 6.21 Å². The van der Waals surface area contributed by atoms with E-state index in [1.54, 1.807) is 46.2 Å². The molecule has 1 N–H and O–H groups in total. The van der Waals surface area contributed by atoms with E-state index < -0.39 is 7.75 Å². The second-order valence-corrected chi connectivity index (χ2v) is 6.07. The van der Waals surface area contributed by atoms with Gasteiger partial charge in [-0.1, -0.05) is 6.07 Å². The number of pyridine rings is 1. The molecule has 1 aromatic heterocycles. The van der Waals surface area contributed by atoms with Gasteiger partial charge in [0.1, 0.15) is 0 Å². The first-order valence-electron chi connectivity index (χ1n) is 6.08. The third-order valence-electron chi connectivity index (χ3n) is 1.78. The topological polar surface area (TPSA) is 72.8 Å². The standard InChI is InChI=1S/C12H20N3O3P/c1-10(2)17-19(16,18-11(3)4)15-14-9-12-6-5-7-13-8-12/h5-11H,1-4H3,(H,15,16)/b14-9+. The number of nitrogens with one attached hydrogen (secondary N) is 1. The van der Waals surface area contributed by atoms with E-state index >= 15 is 0 Å². The van der Waals surface area contributed by atoms with Gasteiger partial charge in [-0.15, -0.1) is 0 Å². The highest BCUT2D eigenvalue weighted by Gasteiger charge is 2.27. The molecule has 0 aliphatic rings. The molecule has 0 aromatic carbocycles. The lowest BCUT2D eigenvalue weighted by Crippen LogP contribution is -2.16. The van der Waals surface area contributed by atoms with Crippen molar-refractivity contribution in [3.05, 3.63) is 30.1 Å². The van der Waals surface area contributed by atoms with Gasteiger partial charge < -0.3 is 0 Å². The summed E-state index contributed by atoms with van der Waals surface area (Å²) < 4.78 is 22.9. The van der Waals surface area contributed by atoms with Crippen molar-refractivity contribution in [1.29, 1.82) is 0 Å². The van der Waals surface area contributed by atoms with E-state index in [0.717, 1.165) is 5.56 Å². The summed E-state index contributed by atoms with van der Waals surface area (Å²) in [5.41, 5.74) is 0.788. The smallest absolute Gasteiger partial charge is 0.289 e. The molecule has 0 amide bonds. The van der Waals surface area contributed by atoms with Gasteiger partial charge in [-0.25, -0.2) is 9.76 Å². The summed E-state index contributed by atoms with van der Waals surface area (Å²) in [7, 11) is -3.44. The molecule has 0 saturated carbocycles. The van der Waals surface area contributed by atoms with Crippen molar-refractivity contribution in [1.82, 2.24) is 10.2 Å². The normalized spacial score (nSPS) is 12.5. The Kier molecular flexibility index (Phi) is 6.15. The molecule has 0 fully saturated rings. The number of rotatable bonds is 7. The van der Waals surface area contributed by atoms with Gasteiger partial charge in [-0.3, -0.25) is 14.0 Å². The van der Waals surface area contributed by atoms with Gasteiger partial charge in [-0.05, 0) is 33.8 Å². The van der Waals surface area contributed by atoms with E-state index in [2.05, 4.69) is 15.3 Å². The Balaban J connectivity index is 2.68. The largest absolute Gasteiger partial charge is 0.448 e. The van der Waals surface area contributed by atoms with Gasteiger partial charge >= 0.3 is 7.75 Å². The van der Waals surface area contributed by atoms with Gasteiger partial charge in [-0.2, -0.15) is 5.10 Å². The van der Waals surface area contributed by atoms with Gasteiger partial charge in [0.05, 0.1) is 18.4 Å². The molecule has 0 radical (unpaired) electrons. The molecule has 1 rings (SSSR count). The lowest BCUT2D eigenvalue weighted by Gasteiger charge is -2.21. The number of hydrogen-bond donors (Lipinski definition) is 1. The molecule has 1 aromatic rings. The minimum Gasteiger partial charge on any atom is -0.289 e. The predicted octanol–water partition coefficient (Wildman–Crippen LogP) is 2.96. The fourth-order valence-corrected chi connectivity index (χ4v) is 2.71. The highest BCUT2D eigenvalue weighted by molar-refractivity contribution is 7.51. The van der Waals surface area contributed by atoms with Crippen LogP contribution in [0.25, 0.3) is 0 Å². The van der Waals surface area contributed by atoms with E-state index in [4.69, 9.17) is 9.05 Å². The molecule has 0 spiro atoms. The number of aromatic nitrogens is 1. The van der Waals surface area contributed by atoms with Crippen LogP contribution in [0.1, 0.15) is 33.3 Å². The van der Waals surface area contributed by atoms with Crippen LogP contribution in [0.4, 0.5) is 0 Å². The van der Waals surface area contributed by atoms with Crippen molar-refractivity contribution >= 4 is 14.0 Å². The lowest BCUT2D eigenvalue weighted by molar-refractivity contribution is 0.136. The summed E-state index contributed by atoms with van der Waals surface area (Å²) in [6.45, 7) is 7.12. The third-order valence-corrected chi connectivity index (χ3v) is 3.54. The maximum atomic E-state index is 12.3. The zero-order valence-electron chi connectivity index (χ0n) is 11.6. The van der Waals surface area contributed by atoms with Gasteiger partial charge in [0.15, 0.2) is 0 Å². The highest BCUT2D eigenvalue weighted by Crippen LogP contribution is 2.46. The van der Waals surface area contributed by atoms with Crippen molar-refractivity contribution in [2.24, 2.45) is 5.10 Å². The fourth-order valence-electron chi connectivity index (χ4n) is 1.25. The SMILES string of the molecule is CC(C)OP(=O)(N/N=C/c1cccnc1)OC(C)C. The Morgan fingerprint density at radius 2 is 1.95 bits per heavy atom. The Hall–Kier alpha value is -1.23. The first kappa shape index (κ1) is 15.8. The molecule has 0 aliphatic carbocycles. The van der Waals surface area contributed by atoms with Crippen LogP contribution in [0.3, 0.4) is 0 Å². The van der Waals surface area contributed by atoms with Crippen LogP contribution in [0.15, 0.2) is 29.6 Å². The van der Waals surface area contributed by atoms with Gasteiger partial charge in [0.2, 0.25) is 0 Å². The molecular weight excluding hydrogens is 265 g/mol. The summed E-state index contributed by atoms with van der Waals surface area (Å²) in [6.07, 6.45) is 4.35. The minimum atomic E-state index is -3.44. The van der Waals surface area contributed by atoms with Crippen LogP contribution in [-0.2, 0) is 13.6 Å². The van der Waals surface area contributed by atoms with Crippen LogP contribution in [0.5, 0.6) is 0 Å². The maximum absolute atomic E-state index is 12.3. The Bertz CT molecular complexity index is 435. The van der Waals surface area contributed by atoms with Crippen molar-refractivity contribution in [3.63, 3.8) is 0 Å². The molecule has 0 bridgehead atoms. The Morgan fingerprint density at radius 3 is 2.42 bits per heavy atom. The molecule has 1 heterocycles. The Morgan fingerprint density at radius 1 is 1.32 bits per heavy atom. The van der Waals surface area contributed by atoms with E-state index in [-0.39, 0.29) is 12.2 Å². The molecule has 7 heteroatoms. The zero-order valence-corrected chi connectivity index (χ0v) is 12.5. The lowest BCUT2D eigenvalue weighted by atomic mass is 10.3. The van der Waals surface area contributed by atoms with Crippen LogP contribution in [-0.4, -0.2) is 23.4 Å². The van der Waals surface area contributed by atoms with Crippen molar-refractivity contribution in [3.8, 4) is 0 Å². The average Bonchev–Trinajstić information content (AvgIpc) is 2.27. The molecule has 19 heavy (non-hydrogen) atoms. The second kappa shape index (κ2) is 7.38. The summed E-state index contributed by atoms with van der Waals surface area (Å²) in [5.74, 6) is 0. The molecule has 0 atom stereocenters. The van der Waals surface area contributed by atoms with Crippen LogP contribution < -0.4 is 5.20 Å². The predicted molar refractivity (Wildman–Crippen MR) is 75.0 cm³/mol. The molecule has 0 saturated heterocycles. The summed E-state index contributed by atoms with van der Waals surface area (Å²) in [6, 6.07) is 3.62. The van der Waals surface area contributed by atoms with Crippen molar-refractivity contribution in [2.45, 2.75) is 39.9 Å². The zero-order chi connectivity index (χ0) is 14.3. The fraction of sp³-hybridized carbons (Fsp3) is 0.500. The van der Waals surface area contributed by atoms with Gasteiger partial charge in [0.25, 0.3) is 0 Å². The first-order valence-corrected chi connectivity index (χ1v) is 7.63. The van der Waals surface area contributed by atoms with Crippen molar-refractivity contribution < 1.29 is 13.6 Å². The van der Waals surface area contributed by atoms with E-state index in [9.17, 15) is 4.57 Å². The quantitative estimate of drug-likeness (QED) is 0.473. The molecule has 106 valence electrons. The molecule has 0 unspecified atom stereocenters. The second-order valence-electron chi connectivity index (χ2n) is 4.45. The third kappa shape index (κ3) is 6.47. The highest BCUT2D eigenvalue weighted by atomic mass is 31.2. The maximum Gasteiger partial charge on any atom is 0.448 e. The molecular formula is C12H20N3O3P. The van der Waals surface area contributed by atoms with Gasteiger partial charge in [0, 0.05) is 18.0 Å². The molecule has 0 aliphatic heterocycles. The molecule has 6 nitrogen and oxygen atoms in total.